The van der Waals surface area contributed by atoms with Crippen molar-refractivity contribution in [3.05, 3.63) is 28.5 Å². The Labute approximate surface area is 169 Å². The average molecular weight is 423 g/mol. The Bertz CT molecular complexity index is 1010. The number of carbonyl (C=O) groups excluding carboxylic acids is 1. The maximum absolute atomic E-state index is 12.9. The fourth-order valence-corrected chi connectivity index (χ4v) is 7.60. The zero-order chi connectivity index (χ0) is 20.2. The van der Waals surface area contributed by atoms with Gasteiger partial charge in [-0.2, -0.15) is 5.10 Å². The van der Waals surface area contributed by atoms with Gasteiger partial charge in [0.2, 0.25) is 10.0 Å². The molecule has 2 unspecified atom stereocenters. The van der Waals surface area contributed by atoms with E-state index >= 15 is 0 Å². The minimum atomic E-state index is -3.65. The zero-order valence-electron chi connectivity index (χ0n) is 16.4. The van der Waals surface area contributed by atoms with E-state index in [9.17, 15) is 13.2 Å². The van der Waals surface area contributed by atoms with E-state index in [-0.39, 0.29) is 17.0 Å². The summed E-state index contributed by atoms with van der Waals surface area (Å²) in [5.74, 6) is 0.260. The van der Waals surface area contributed by atoms with Crippen LogP contribution in [0.4, 0.5) is 5.69 Å². The topological polar surface area (TPSA) is 94.0 Å². The lowest BCUT2D eigenvalue weighted by molar-refractivity contribution is -0.128. The summed E-state index contributed by atoms with van der Waals surface area (Å²) >= 11 is 1.61. The van der Waals surface area contributed by atoms with Crippen LogP contribution in [0, 0.1) is 23.7 Å². The molecule has 0 aliphatic heterocycles. The molecule has 2 aliphatic rings. The van der Waals surface area contributed by atoms with Gasteiger partial charge >= 0.3 is 0 Å². The Morgan fingerprint density at radius 2 is 2.18 bits per heavy atom. The van der Waals surface area contributed by atoms with Gasteiger partial charge in [0.15, 0.2) is 0 Å². The minimum Gasteiger partial charge on any atom is -0.299 e. The first-order valence-electron chi connectivity index (χ1n) is 9.58. The fraction of sp³-hybridized carbons (Fsp3) is 0.632. The van der Waals surface area contributed by atoms with Crippen molar-refractivity contribution in [1.82, 2.24) is 14.8 Å². The van der Waals surface area contributed by atoms with E-state index in [1.807, 2.05) is 26.3 Å². The number of anilines is 1. The summed E-state index contributed by atoms with van der Waals surface area (Å²) < 4.78 is 30.1. The molecule has 152 valence electrons. The highest BCUT2D eigenvalue weighted by atomic mass is 32.2. The highest BCUT2D eigenvalue weighted by molar-refractivity contribution is 7.92. The van der Waals surface area contributed by atoms with Crippen LogP contribution in [0.5, 0.6) is 0 Å². The Morgan fingerprint density at radius 3 is 2.79 bits per heavy atom. The second-order valence-electron chi connectivity index (χ2n) is 8.63. The molecule has 2 atom stereocenters. The summed E-state index contributed by atoms with van der Waals surface area (Å²) in [5, 5.41) is 4.26. The summed E-state index contributed by atoms with van der Waals surface area (Å²) in [5.41, 5.74) is 2.26. The van der Waals surface area contributed by atoms with Crippen LogP contribution in [0.1, 0.15) is 43.7 Å². The van der Waals surface area contributed by atoms with Crippen LogP contribution in [0.15, 0.2) is 17.9 Å². The van der Waals surface area contributed by atoms with E-state index in [0.717, 1.165) is 18.5 Å². The number of aryl methyl sites for hydroxylation is 3. The third-order valence-electron chi connectivity index (χ3n) is 6.89. The van der Waals surface area contributed by atoms with E-state index in [4.69, 9.17) is 0 Å². The molecule has 0 saturated heterocycles. The Hall–Kier alpha value is -1.74. The van der Waals surface area contributed by atoms with E-state index in [2.05, 4.69) is 14.8 Å². The lowest BCUT2D eigenvalue weighted by Crippen LogP contribution is -2.43. The van der Waals surface area contributed by atoms with Crippen LogP contribution >= 0.6 is 11.3 Å². The maximum atomic E-state index is 12.9. The lowest BCUT2D eigenvalue weighted by atomic mass is 9.70. The monoisotopic (exact) mass is 422 g/mol. The molecule has 28 heavy (non-hydrogen) atoms. The van der Waals surface area contributed by atoms with E-state index in [1.165, 1.54) is 11.1 Å². The predicted octanol–water partition coefficient (Wildman–Crippen LogP) is 3.03. The van der Waals surface area contributed by atoms with Gasteiger partial charge in [0.1, 0.15) is 5.78 Å². The van der Waals surface area contributed by atoms with Crippen molar-refractivity contribution in [2.24, 2.45) is 16.7 Å². The molecule has 4 rings (SSSR count). The highest BCUT2D eigenvalue weighted by Gasteiger charge is 2.65. The fourth-order valence-electron chi connectivity index (χ4n) is 4.97. The number of hydrogen-bond acceptors (Lipinski definition) is 6. The predicted molar refractivity (Wildman–Crippen MR) is 109 cm³/mol. The van der Waals surface area contributed by atoms with Crippen LogP contribution in [0.2, 0.25) is 0 Å². The second kappa shape index (κ2) is 6.66. The lowest BCUT2D eigenvalue weighted by Gasteiger charge is -2.36. The number of nitrogens with zero attached hydrogens (tertiary/aromatic N) is 3. The van der Waals surface area contributed by atoms with Crippen LogP contribution in [-0.4, -0.2) is 34.7 Å². The molecule has 0 radical (unpaired) electrons. The van der Waals surface area contributed by atoms with E-state index < -0.39 is 15.4 Å². The third-order valence-corrected chi connectivity index (χ3v) is 9.31. The number of Topliss-reactive ketones (excluding diaryl/α,β-unsaturated/α-hetero) is 1. The smallest absolute Gasteiger partial charge is 0.233 e. The number of ketones is 1. The summed E-state index contributed by atoms with van der Waals surface area (Å²) in [7, 11) is -3.65. The first-order chi connectivity index (χ1) is 13.1. The largest absolute Gasteiger partial charge is 0.299 e. The normalized spacial score (nSPS) is 26.1. The molecule has 2 saturated carbocycles. The number of fused-ring (bicyclic) bond motifs is 2. The van der Waals surface area contributed by atoms with Crippen LogP contribution < -0.4 is 4.72 Å². The molecule has 2 fully saturated rings. The van der Waals surface area contributed by atoms with Gasteiger partial charge in [-0.05, 0) is 31.1 Å². The molecule has 7 nitrogen and oxygen atoms in total. The first kappa shape index (κ1) is 19.6. The number of aromatic nitrogens is 3. The standard InChI is InChI=1S/C19H26N4O3S2/c1-13-16(27-12-20-13)5-7-23-10-15(9-21-23)22-28(25,26)11-19-6-4-14(8-17(19)24)18(19,2)3/h9-10,12,14,22H,4-8,11H2,1-3H3. The van der Waals surface area contributed by atoms with Gasteiger partial charge in [-0.3, -0.25) is 14.2 Å². The quantitative estimate of drug-likeness (QED) is 0.740. The van der Waals surface area contributed by atoms with Gasteiger partial charge in [0.05, 0.1) is 34.3 Å². The Balaban J connectivity index is 1.43. The molecule has 2 aromatic heterocycles. The number of sulfonamides is 1. The van der Waals surface area contributed by atoms with Gasteiger partial charge in [-0.1, -0.05) is 13.8 Å². The maximum Gasteiger partial charge on any atom is 0.233 e. The van der Waals surface area contributed by atoms with Crippen LogP contribution in [-0.2, 0) is 27.8 Å². The molecular formula is C19H26N4O3S2. The van der Waals surface area contributed by atoms with Crippen LogP contribution in [0.25, 0.3) is 0 Å². The summed E-state index contributed by atoms with van der Waals surface area (Å²) in [4.78, 5) is 18.1. The van der Waals surface area contributed by atoms with Crippen molar-refractivity contribution in [3.63, 3.8) is 0 Å². The van der Waals surface area contributed by atoms with Crippen molar-refractivity contribution in [2.75, 3.05) is 10.5 Å². The minimum absolute atomic E-state index is 0.106. The molecule has 0 amide bonds. The van der Waals surface area contributed by atoms with Gasteiger partial charge in [-0.25, -0.2) is 13.4 Å². The molecule has 2 bridgehead atoms. The van der Waals surface area contributed by atoms with Crippen molar-refractivity contribution < 1.29 is 13.2 Å². The van der Waals surface area contributed by atoms with Gasteiger partial charge in [0.25, 0.3) is 0 Å². The zero-order valence-corrected chi connectivity index (χ0v) is 18.1. The second-order valence-corrected chi connectivity index (χ2v) is 11.3. The number of carbonyl (C=O) groups is 1. The highest BCUT2D eigenvalue weighted by Crippen LogP contribution is 2.64. The molecule has 2 heterocycles. The average Bonchev–Trinajstić information content (AvgIpc) is 3.30. The van der Waals surface area contributed by atoms with E-state index in [1.54, 1.807) is 22.2 Å². The summed E-state index contributed by atoms with van der Waals surface area (Å²) in [6.45, 7) is 6.73. The summed E-state index contributed by atoms with van der Waals surface area (Å²) in [6.07, 6.45) is 6.13. The number of nitrogens with one attached hydrogen (secondary N) is 1. The molecule has 2 aliphatic carbocycles. The molecule has 0 aromatic carbocycles. The number of hydrogen-bond donors (Lipinski definition) is 1. The Morgan fingerprint density at radius 1 is 1.39 bits per heavy atom. The van der Waals surface area contributed by atoms with Crippen molar-refractivity contribution in [3.8, 4) is 0 Å². The molecule has 9 heteroatoms. The Kier molecular flexibility index (Phi) is 4.65. The van der Waals surface area contributed by atoms with Crippen molar-refractivity contribution in [2.45, 2.75) is 53.0 Å². The van der Waals surface area contributed by atoms with Gasteiger partial charge in [0, 0.05) is 30.5 Å². The van der Waals surface area contributed by atoms with Crippen molar-refractivity contribution in [1.29, 1.82) is 0 Å². The number of thiazole rings is 1. The first-order valence-corrected chi connectivity index (χ1v) is 12.1. The third kappa shape index (κ3) is 3.18. The van der Waals surface area contributed by atoms with Gasteiger partial charge in [-0.15, -0.1) is 11.3 Å². The molecule has 2 aromatic rings. The number of rotatable bonds is 7. The molecular weight excluding hydrogens is 396 g/mol. The summed E-state index contributed by atoms with van der Waals surface area (Å²) in [6, 6.07) is 0. The van der Waals surface area contributed by atoms with Crippen LogP contribution in [0.3, 0.4) is 0 Å². The van der Waals surface area contributed by atoms with E-state index in [0.29, 0.717) is 31.0 Å². The molecule has 0 spiro atoms. The SMILES string of the molecule is Cc1ncsc1CCn1cc(NS(=O)(=O)CC23CCC(CC2=O)C3(C)C)cn1. The van der Waals surface area contributed by atoms with Gasteiger partial charge < -0.3 is 0 Å². The molecule has 1 N–H and O–H groups in total. The van der Waals surface area contributed by atoms with Crippen molar-refractivity contribution >= 4 is 32.8 Å².